The highest BCUT2D eigenvalue weighted by Crippen LogP contribution is 2.22. The topological polar surface area (TPSA) is 12.5 Å². The molecule has 1 aliphatic heterocycles. The molecular weight excluding hydrogens is 222 g/mol. The average Bonchev–Trinajstić information content (AvgIpc) is 2.32. The molecule has 0 N–H and O–H groups in total. The third kappa shape index (κ3) is 3.33. The van der Waals surface area contributed by atoms with Crippen molar-refractivity contribution in [2.45, 2.75) is 45.7 Å². The van der Waals surface area contributed by atoms with Crippen molar-refractivity contribution < 1.29 is 4.74 Å². The zero-order valence-electron chi connectivity index (χ0n) is 12.1. The van der Waals surface area contributed by atoms with Crippen molar-refractivity contribution in [1.82, 2.24) is 4.90 Å². The highest BCUT2D eigenvalue weighted by Gasteiger charge is 2.19. The Bertz CT molecular complexity index is 377. The third-order valence-corrected chi connectivity index (χ3v) is 3.71. The molecule has 0 aliphatic carbocycles. The zero-order chi connectivity index (χ0) is 13.2. The summed E-state index contributed by atoms with van der Waals surface area (Å²) in [4.78, 5) is 2.50. The molecule has 1 heterocycles. The van der Waals surface area contributed by atoms with E-state index in [0.717, 1.165) is 26.3 Å². The Morgan fingerprint density at radius 2 is 1.89 bits per heavy atom. The number of hydrogen-bond donors (Lipinski definition) is 0. The van der Waals surface area contributed by atoms with Crippen LogP contribution in [0.1, 0.15) is 38.8 Å². The van der Waals surface area contributed by atoms with Crippen LogP contribution >= 0.6 is 0 Å². The molecule has 18 heavy (non-hydrogen) atoms. The Kier molecular flexibility index (Phi) is 4.08. The van der Waals surface area contributed by atoms with Gasteiger partial charge in [0.2, 0.25) is 0 Å². The highest BCUT2D eigenvalue weighted by atomic mass is 16.5. The lowest BCUT2D eigenvalue weighted by molar-refractivity contribution is -0.00437. The van der Waals surface area contributed by atoms with Crippen molar-refractivity contribution in [2.75, 3.05) is 19.8 Å². The molecular formula is C16H25NO. The summed E-state index contributed by atoms with van der Waals surface area (Å²) < 4.78 is 5.47. The quantitative estimate of drug-likeness (QED) is 0.795. The summed E-state index contributed by atoms with van der Waals surface area (Å²) in [5.74, 6) is 0. The van der Waals surface area contributed by atoms with Crippen LogP contribution in [0, 0.1) is 0 Å². The van der Waals surface area contributed by atoms with Gasteiger partial charge in [0.1, 0.15) is 0 Å². The molecule has 2 rings (SSSR count). The molecule has 0 saturated carbocycles. The van der Waals surface area contributed by atoms with Gasteiger partial charge in [-0.3, -0.25) is 4.90 Å². The van der Waals surface area contributed by atoms with Crippen LogP contribution in [-0.2, 0) is 16.7 Å². The molecule has 1 aromatic carbocycles. The van der Waals surface area contributed by atoms with Gasteiger partial charge in [-0.1, -0.05) is 45.0 Å². The minimum absolute atomic E-state index is 0.241. The van der Waals surface area contributed by atoms with Crippen LogP contribution in [0.15, 0.2) is 24.3 Å². The molecule has 0 aromatic heterocycles. The highest BCUT2D eigenvalue weighted by molar-refractivity contribution is 5.27. The monoisotopic (exact) mass is 247 g/mol. The Hall–Kier alpha value is -0.860. The SMILES string of the molecule is CC1COCCN1Cc1ccc(C(C)(C)C)cc1. The van der Waals surface area contributed by atoms with E-state index in [0.29, 0.717) is 6.04 Å². The number of ether oxygens (including phenoxy) is 1. The fourth-order valence-corrected chi connectivity index (χ4v) is 2.34. The second-order valence-electron chi connectivity index (χ2n) is 6.34. The van der Waals surface area contributed by atoms with Gasteiger partial charge in [-0.15, -0.1) is 0 Å². The molecule has 2 heteroatoms. The van der Waals surface area contributed by atoms with Gasteiger partial charge in [-0.2, -0.15) is 0 Å². The number of morpholine rings is 1. The Morgan fingerprint density at radius 3 is 2.44 bits per heavy atom. The second kappa shape index (κ2) is 5.41. The van der Waals surface area contributed by atoms with Gasteiger partial charge in [-0.25, -0.2) is 0 Å². The van der Waals surface area contributed by atoms with Crippen LogP contribution < -0.4 is 0 Å². The molecule has 0 radical (unpaired) electrons. The van der Waals surface area contributed by atoms with Crippen LogP contribution in [0.3, 0.4) is 0 Å². The molecule has 1 atom stereocenters. The van der Waals surface area contributed by atoms with Crippen molar-refractivity contribution in [2.24, 2.45) is 0 Å². The number of benzene rings is 1. The van der Waals surface area contributed by atoms with Crippen molar-refractivity contribution in [3.63, 3.8) is 0 Å². The first-order chi connectivity index (χ1) is 8.47. The van der Waals surface area contributed by atoms with Crippen LogP contribution in [0.25, 0.3) is 0 Å². The molecule has 0 bridgehead atoms. The van der Waals surface area contributed by atoms with E-state index in [1.807, 2.05) is 0 Å². The van der Waals surface area contributed by atoms with E-state index in [1.165, 1.54) is 11.1 Å². The van der Waals surface area contributed by atoms with Gasteiger partial charge in [0.15, 0.2) is 0 Å². The molecule has 1 aromatic rings. The van der Waals surface area contributed by atoms with E-state index in [1.54, 1.807) is 0 Å². The van der Waals surface area contributed by atoms with Crippen molar-refractivity contribution in [3.05, 3.63) is 35.4 Å². The van der Waals surface area contributed by atoms with Gasteiger partial charge >= 0.3 is 0 Å². The van der Waals surface area contributed by atoms with E-state index >= 15 is 0 Å². The van der Waals surface area contributed by atoms with Gasteiger partial charge in [0, 0.05) is 19.1 Å². The molecule has 2 nitrogen and oxygen atoms in total. The first kappa shape index (κ1) is 13.6. The first-order valence-corrected chi connectivity index (χ1v) is 6.88. The van der Waals surface area contributed by atoms with E-state index in [-0.39, 0.29) is 5.41 Å². The number of nitrogens with zero attached hydrogens (tertiary/aromatic N) is 1. The minimum atomic E-state index is 0.241. The number of rotatable bonds is 2. The summed E-state index contributed by atoms with van der Waals surface area (Å²) in [6, 6.07) is 9.59. The molecule has 1 unspecified atom stereocenters. The molecule has 1 saturated heterocycles. The fourth-order valence-electron chi connectivity index (χ4n) is 2.34. The fraction of sp³-hybridized carbons (Fsp3) is 0.625. The van der Waals surface area contributed by atoms with Crippen LogP contribution in [0.5, 0.6) is 0 Å². The second-order valence-corrected chi connectivity index (χ2v) is 6.34. The largest absolute Gasteiger partial charge is 0.379 e. The lowest BCUT2D eigenvalue weighted by atomic mass is 9.87. The first-order valence-electron chi connectivity index (χ1n) is 6.88. The van der Waals surface area contributed by atoms with Crippen LogP contribution in [0.4, 0.5) is 0 Å². The lowest BCUT2D eigenvalue weighted by Crippen LogP contribution is -2.42. The zero-order valence-corrected chi connectivity index (χ0v) is 12.1. The maximum atomic E-state index is 5.47. The summed E-state index contributed by atoms with van der Waals surface area (Å²) in [5, 5.41) is 0. The average molecular weight is 247 g/mol. The van der Waals surface area contributed by atoms with Crippen LogP contribution in [0.2, 0.25) is 0 Å². The summed E-state index contributed by atoms with van der Waals surface area (Å²) >= 11 is 0. The minimum Gasteiger partial charge on any atom is -0.379 e. The standard InChI is InChI=1S/C16H25NO/c1-13-12-18-10-9-17(13)11-14-5-7-15(8-6-14)16(2,3)4/h5-8,13H,9-12H2,1-4H3. The van der Waals surface area contributed by atoms with E-state index in [2.05, 4.69) is 56.9 Å². The van der Waals surface area contributed by atoms with Gasteiger partial charge in [-0.05, 0) is 23.5 Å². The number of hydrogen-bond acceptors (Lipinski definition) is 2. The van der Waals surface area contributed by atoms with Gasteiger partial charge < -0.3 is 4.74 Å². The van der Waals surface area contributed by atoms with Crippen molar-refractivity contribution in [1.29, 1.82) is 0 Å². The smallest absolute Gasteiger partial charge is 0.0619 e. The lowest BCUT2D eigenvalue weighted by Gasteiger charge is -2.33. The maximum Gasteiger partial charge on any atom is 0.0619 e. The molecule has 100 valence electrons. The predicted octanol–water partition coefficient (Wildman–Crippen LogP) is 3.20. The maximum absolute atomic E-state index is 5.47. The summed E-state index contributed by atoms with van der Waals surface area (Å²) in [6.45, 7) is 12.8. The third-order valence-electron chi connectivity index (χ3n) is 3.71. The summed E-state index contributed by atoms with van der Waals surface area (Å²) in [5.41, 5.74) is 3.04. The van der Waals surface area contributed by atoms with Crippen molar-refractivity contribution in [3.8, 4) is 0 Å². The Morgan fingerprint density at radius 1 is 1.22 bits per heavy atom. The molecule has 1 aliphatic rings. The van der Waals surface area contributed by atoms with Crippen LogP contribution in [-0.4, -0.2) is 30.7 Å². The Balaban J connectivity index is 2.02. The molecule has 0 amide bonds. The van der Waals surface area contributed by atoms with E-state index in [9.17, 15) is 0 Å². The summed E-state index contributed by atoms with van der Waals surface area (Å²) in [6.07, 6.45) is 0. The van der Waals surface area contributed by atoms with Crippen molar-refractivity contribution >= 4 is 0 Å². The molecule has 0 spiro atoms. The van der Waals surface area contributed by atoms with Gasteiger partial charge in [0.05, 0.1) is 13.2 Å². The van der Waals surface area contributed by atoms with E-state index in [4.69, 9.17) is 4.74 Å². The predicted molar refractivity (Wildman–Crippen MR) is 75.8 cm³/mol. The Labute approximate surface area is 111 Å². The summed E-state index contributed by atoms with van der Waals surface area (Å²) in [7, 11) is 0. The van der Waals surface area contributed by atoms with E-state index < -0.39 is 0 Å². The molecule has 1 fully saturated rings. The normalized spacial score (nSPS) is 22.1. The van der Waals surface area contributed by atoms with Gasteiger partial charge in [0.25, 0.3) is 0 Å².